The van der Waals surface area contributed by atoms with Gasteiger partial charge < -0.3 is 10.2 Å². The molecule has 0 bridgehead atoms. The molecule has 1 aromatic rings. The molecule has 0 aromatic carbocycles. The van der Waals surface area contributed by atoms with E-state index in [2.05, 4.69) is 53.9 Å². The average Bonchev–Trinajstić information content (AvgIpc) is 2.46. The zero-order chi connectivity index (χ0) is 15.5. The minimum absolute atomic E-state index is 0.414. The summed E-state index contributed by atoms with van der Waals surface area (Å²) in [5.74, 6) is 2.81. The molecule has 0 unspecified atom stereocenters. The molecule has 118 valence electrons. The molecule has 1 aromatic heterocycles. The minimum Gasteiger partial charge on any atom is -0.370 e. The molecule has 1 aliphatic rings. The molecule has 2 rings (SSSR count). The van der Waals surface area contributed by atoms with Gasteiger partial charge in [-0.15, -0.1) is 0 Å². The van der Waals surface area contributed by atoms with Crippen LogP contribution in [0, 0.1) is 11.3 Å². The highest BCUT2D eigenvalue weighted by atomic mass is 32.2. The third kappa shape index (κ3) is 4.25. The summed E-state index contributed by atoms with van der Waals surface area (Å²) < 4.78 is 0. The van der Waals surface area contributed by atoms with Gasteiger partial charge >= 0.3 is 0 Å². The van der Waals surface area contributed by atoms with Gasteiger partial charge in [0.15, 0.2) is 5.16 Å². The van der Waals surface area contributed by atoms with Crippen molar-refractivity contribution < 1.29 is 0 Å². The molecule has 1 aliphatic heterocycles. The van der Waals surface area contributed by atoms with Crippen molar-refractivity contribution >= 4 is 23.4 Å². The SMILES string of the molecule is CCNc1cc(N2CCC(C(C)(C)C)CC2)nc(SC)n1. The molecular formula is C16H28N4S. The first kappa shape index (κ1) is 16.4. The largest absolute Gasteiger partial charge is 0.370 e. The van der Waals surface area contributed by atoms with Gasteiger partial charge in [0.1, 0.15) is 11.6 Å². The van der Waals surface area contributed by atoms with E-state index < -0.39 is 0 Å². The van der Waals surface area contributed by atoms with Gasteiger partial charge in [-0.3, -0.25) is 0 Å². The van der Waals surface area contributed by atoms with Gasteiger partial charge in [0, 0.05) is 25.7 Å². The van der Waals surface area contributed by atoms with Crippen molar-refractivity contribution in [2.24, 2.45) is 11.3 Å². The minimum atomic E-state index is 0.414. The van der Waals surface area contributed by atoms with Gasteiger partial charge in [-0.2, -0.15) is 0 Å². The number of rotatable bonds is 4. The Morgan fingerprint density at radius 2 is 1.95 bits per heavy atom. The van der Waals surface area contributed by atoms with Crippen LogP contribution in [-0.4, -0.2) is 35.9 Å². The zero-order valence-electron chi connectivity index (χ0n) is 13.9. The van der Waals surface area contributed by atoms with E-state index in [1.165, 1.54) is 12.8 Å². The first-order valence-corrected chi connectivity index (χ1v) is 9.08. The summed E-state index contributed by atoms with van der Waals surface area (Å²) in [5.41, 5.74) is 0.414. The van der Waals surface area contributed by atoms with Crippen LogP contribution in [0.25, 0.3) is 0 Å². The Labute approximate surface area is 133 Å². The Morgan fingerprint density at radius 1 is 1.29 bits per heavy atom. The summed E-state index contributed by atoms with van der Waals surface area (Å²) in [7, 11) is 0. The molecule has 1 N–H and O–H groups in total. The van der Waals surface area contributed by atoms with Crippen LogP contribution in [0.4, 0.5) is 11.6 Å². The number of piperidine rings is 1. The maximum absolute atomic E-state index is 4.68. The topological polar surface area (TPSA) is 41.0 Å². The third-order valence-corrected chi connectivity index (χ3v) is 4.82. The zero-order valence-corrected chi connectivity index (χ0v) is 14.8. The van der Waals surface area contributed by atoms with Crippen LogP contribution in [0.2, 0.25) is 0 Å². The highest BCUT2D eigenvalue weighted by molar-refractivity contribution is 7.98. The van der Waals surface area contributed by atoms with Crippen LogP contribution in [-0.2, 0) is 0 Å². The molecule has 0 saturated carbocycles. The van der Waals surface area contributed by atoms with E-state index >= 15 is 0 Å². The fourth-order valence-electron chi connectivity index (χ4n) is 2.91. The number of aromatic nitrogens is 2. The summed E-state index contributed by atoms with van der Waals surface area (Å²) in [5, 5.41) is 4.15. The molecule has 0 spiro atoms. The van der Waals surface area contributed by atoms with Gasteiger partial charge in [-0.05, 0) is 37.4 Å². The van der Waals surface area contributed by atoms with Crippen molar-refractivity contribution in [3.8, 4) is 0 Å². The van der Waals surface area contributed by atoms with Crippen molar-refractivity contribution in [3.05, 3.63) is 6.07 Å². The number of thioether (sulfide) groups is 1. The summed E-state index contributed by atoms with van der Waals surface area (Å²) in [6.07, 6.45) is 4.53. The summed E-state index contributed by atoms with van der Waals surface area (Å²) in [6, 6.07) is 2.08. The number of nitrogens with one attached hydrogen (secondary N) is 1. The Kier molecular flexibility index (Phi) is 5.36. The first-order chi connectivity index (χ1) is 9.94. The maximum Gasteiger partial charge on any atom is 0.191 e. The number of hydrogen-bond acceptors (Lipinski definition) is 5. The lowest BCUT2D eigenvalue weighted by molar-refractivity contribution is 0.198. The average molecular weight is 308 g/mol. The fourth-order valence-corrected chi connectivity index (χ4v) is 3.29. The molecule has 4 nitrogen and oxygen atoms in total. The van der Waals surface area contributed by atoms with Gasteiger partial charge in [-0.25, -0.2) is 9.97 Å². The van der Waals surface area contributed by atoms with E-state index in [4.69, 9.17) is 0 Å². The highest BCUT2D eigenvalue weighted by Gasteiger charge is 2.29. The Morgan fingerprint density at radius 3 is 2.48 bits per heavy atom. The molecular weight excluding hydrogens is 280 g/mol. The molecule has 0 radical (unpaired) electrons. The molecule has 0 amide bonds. The van der Waals surface area contributed by atoms with Gasteiger partial charge in [-0.1, -0.05) is 32.5 Å². The van der Waals surface area contributed by atoms with Crippen molar-refractivity contribution in [1.29, 1.82) is 0 Å². The smallest absolute Gasteiger partial charge is 0.191 e. The lowest BCUT2D eigenvalue weighted by Crippen LogP contribution is -2.38. The maximum atomic E-state index is 4.68. The number of anilines is 2. The van der Waals surface area contributed by atoms with Crippen LogP contribution in [0.3, 0.4) is 0 Å². The second-order valence-corrected chi connectivity index (χ2v) is 7.53. The van der Waals surface area contributed by atoms with Gasteiger partial charge in [0.05, 0.1) is 0 Å². The second-order valence-electron chi connectivity index (χ2n) is 6.76. The molecule has 2 heterocycles. The quantitative estimate of drug-likeness (QED) is 0.675. The molecule has 1 fully saturated rings. The van der Waals surface area contributed by atoms with Gasteiger partial charge in [0.25, 0.3) is 0 Å². The van der Waals surface area contributed by atoms with E-state index in [9.17, 15) is 0 Å². The van der Waals surface area contributed by atoms with Crippen molar-refractivity contribution in [3.63, 3.8) is 0 Å². The Bertz CT molecular complexity index is 462. The van der Waals surface area contributed by atoms with Crippen molar-refractivity contribution in [2.45, 2.75) is 45.7 Å². The number of nitrogens with zero attached hydrogens (tertiary/aromatic N) is 3. The van der Waals surface area contributed by atoms with E-state index in [-0.39, 0.29) is 0 Å². The van der Waals surface area contributed by atoms with Crippen molar-refractivity contribution in [1.82, 2.24) is 9.97 Å². The second kappa shape index (κ2) is 6.86. The van der Waals surface area contributed by atoms with Crippen molar-refractivity contribution in [2.75, 3.05) is 36.1 Å². The molecule has 5 heteroatoms. The van der Waals surface area contributed by atoms with Crippen LogP contribution in [0.5, 0.6) is 0 Å². The molecule has 21 heavy (non-hydrogen) atoms. The normalized spacial score (nSPS) is 17.1. The van der Waals surface area contributed by atoms with E-state index in [0.29, 0.717) is 5.41 Å². The summed E-state index contributed by atoms with van der Waals surface area (Å²) >= 11 is 1.60. The monoisotopic (exact) mass is 308 g/mol. The molecule has 0 atom stereocenters. The molecule has 0 aliphatic carbocycles. The van der Waals surface area contributed by atoms with Crippen LogP contribution < -0.4 is 10.2 Å². The van der Waals surface area contributed by atoms with E-state index in [0.717, 1.165) is 42.3 Å². The summed E-state index contributed by atoms with van der Waals surface area (Å²) in [6.45, 7) is 12.2. The highest BCUT2D eigenvalue weighted by Crippen LogP contribution is 2.35. The third-order valence-electron chi connectivity index (χ3n) is 4.28. The Hall–Kier alpha value is -0.970. The van der Waals surface area contributed by atoms with Crippen LogP contribution in [0.1, 0.15) is 40.5 Å². The van der Waals surface area contributed by atoms with Crippen LogP contribution in [0.15, 0.2) is 11.2 Å². The fraction of sp³-hybridized carbons (Fsp3) is 0.750. The summed E-state index contributed by atoms with van der Waals surface area (Å²) in [4.78, 5) is 11.6. The lowest BCUT2D eigenvalue weighted by atomic mass is 9.75. The lowest BCUT2D eigenvalue weighted by Gasteiger charge is -2.39. The first-order valence-electron chi connectivity index (χ1n) is 7.86. The predicted molar refractivity (Wildman–Crippen MR) is 92.4 cm³/mol. The molecule has 1 saturated heterocycles. The van der Waals surface area contributed by atoms with E-state index in [1.54, 1.807) is 11.8 Å². The van der Waals surface area contributed by atoms with Crippen LogP contribution >= 0.6 is 11.8 Å². The number of hydrogen-bond donors (Lipinski definition) is 1. The van der Waals surface area contributed by atoms with E-state index in [1.807, 2.05) is 6.26 Å². The van der Waals surface area contributed by atoms with Gasteiger partial charge in [0.2, 0.25) is 0 Å². The standard InChI is InChI=1S/C16H28N4S/c1-6-17-13-11-14(19-15(18-13)21-5)20-9-7-12(8-10-20)16(2,3)4/h11-12H,6-10H2,1-5H3,(H,17,18,19). The Balaban J connectivity index is 2.10. The predicted octanol–water partition coefficient (Wildman–Crippen LogP) is 3.89.